The molecule has 0 bridgehead atoms. The zero-order valence-electron chi connectivity index (χ0n) is 11.1. The fourth-order valence-electron chi connectivity index (χ4n) is 0.914. The SMILES string of the molecule is CC(C)C(NC(=O)OC(C)(C)C)OS(C)(=O)=O. The molecule has 17 heavy (non-hydrogen) atoms. The van der Waals surface area contributed by atoms with E-state index in [0.29, 0.717) is 0 Å². The van der Waals surface area contributed by atoms with Crippen LogP contribution in [0.3, 0.4) is 0 Å². The number of hydrogen-bond acceptors (Lipinski definition) is 5. The van der Waals surface area contributed by atoms with Crippen LogP contribution < -0.4 is 5.32 Å². The molecule has 0 saturated heterocycles. The van der Waals surface area contributed by atoms with Crippen molar-refractivity contribution in [3.63, 3.8) is 0 Å². The second kappa shape index (κ2) is 5.68. The minimum Gasteiger partial charge on any atom is -0.444 e. The Morgan fingerprint density at radius 1 is 1.24 bits per heavy atom. The Morgan fingerprint density at radius 2 is 1.71 bits per heavy atom. The molecule has 0 aromatic rings. The number of amides is 1. The Balaban J connectivity index is 4.52. The predicted octanol–water partition coefficient (Wildman–Crippen LogP) is 1.47. The lowest BCUT2D eigenvalue weighted by Crippen LogP contribution is -2.44. The lowest BCUT2D eigenvalue weighted by atomic mass is 10.2. The summed E-state index contributed by atoms with van der Waals surface area (Å²) in [6, 6.07) is 0. The fraction of sp³-hybridized carbons (Fsp3) is 0.900. The second-order valence-corrected chi connectivity index (χ2v) is 6.71. The van der Waals surface area contributed by atoms with Gasteiger partial charge in [-0.2, -0.15) is 8.42 Å². The largest absolute Gasteiger partial charge is 0.444 e. The van der Waals surface area contributed by atoms with Gasteiger partial charge in [-0.1, -0.05) is 13.8 Å². The molecule has 0 radical (unpaired) electrons. The summed E-state index contributed by atoms with van der Waals surface area (Å²) < 4.78 is 31.7. The molecule has 0 saturated carbocycles. The number of nitrogens with one attached hydrogen (secondary N) is 1. The zero-order chi connectivity index (χ0) is 13.9. The monoisotopic (exact) mass is 267 g/mol. The first-order valence-electron chi connectivity index (χ1n) is 5.28. The summed E-state index contributed by atoms with van der Waals surface area (Å²) in [6.45, 7) is 8.61. The van der Waals surface area contributed by atoms with Crippen LogP contribution in [0, 0.1) is 5.92 Å². The van der Waals surface area contributed by atoms with Crippen LogP contribution >= 0.6 is 0 Å². The average Bonchev–Trinajstić information content (AvgIpc) is 1.95. The molecule has 1 N–H and O–H groups in total. The van der Waals surface area contributed by atoms with Crippen LogP contribution in [0.15, 0.2) is 0 Å². The number of ether oxygens (including phenoxy) is 1. The van der Waals surface area contributed by atoms with E-state index in [-0.39, 0.29) is 5.92 Å². The summed E-state index contributed by atoms with van der Waals surface area (Å²) in [5, 5.41) is 2.37. The van der Waals surface area contributed by atoms with Crippen molar-refractivity contribution in [1.82, 2.24) is 5.32 Å². The Labute approximate surface area is 103 Å². The van der Waals surface area contributed by atoms with Crippen molar-refractivity contribution < 1.29 is 22.1 Å². The normalized spacial score (nSPS) is 14.5. The van der Waals surface area contributed by atoms with Gasteiger partial charge in [-0.05, 0) is 26.7 Å². The molecule has 0 heterocycles. The highest BCUT2D eigenvalue weighted by Crippen LogP contribution is 2.10. The number of carbonyl (C=O) groups is 1. The summed E-state index contributed by atoms with van der Waals surface area (Å²) in [7, 11) is -3.63. The first-order chi connectivity index (χ1) is 7.41. The van der Waals surface area contributed by atoms with Gasteiger partial charge in [0.1, 0.15) is 5.60 Å². The van der Waals surface area contributed by atoms with Crippen LogP contribution in [0.5, 0.6) is 0 Å². The molecule has 6 nitrogen and oxygen atoms in total. The van der Waals surface area contributed by atoms with Gasteiger partial charge in [-0.15, -0.1) is 0 Å². The van der Waals surface area contributed by atoms with Gasteiger partial charge in [0.2, 0.25) is 0 Å². The van der Waals surface area contributed by atoms with Crippen molar-refractivity contribution in [3.05, 3.63) is 0 Å². The molecular weight excluding hydrogens is 246 g/mol. The van der Waals surface area contributed by atoms with E-state index in [4.69, 9.17) is 8.92 Å². The molecule has 7 heteroatoms. The first-order valence-corrected chi connectivity index (χ1v) is 7.10. The third-order valence-electron chi connectivity index (χ3n) is 1.54. The fourth-order valence-corrected chi connectivity index (χ4v) is 1.56. The molecule has 0 aliphatic carbocycles. The van der Waals surface area contributed by atoms with Crippen LogP contribution in [-0.2, 0) is 19.0 Å². The van der Waals surface area contributed by atoms with Crippen LogP contribution in [0.25, 0.3) is 0 Å². The van der Waals surface area contributed by atoms with E-state index in [1.54, 1.807) is 34.6 Å². The Bertz CT molecular complexity index is 355. The van der Waals surface area contributed by atoms with Gasteiger partial charge >= 0.3 is 6.09 Å². The van der Waals surface area contributed by atoms with Crippen molar-refractivity contribution >= 4 is 16.2 Å². The van der Waals surface area contributed by atoms with E-state index in [0.717, 1.165) is 6.26 Å². The molecule has 0 aliphatic rings. The van der Waals surface area contributed by atoms with Gasteiger partial charge in [-0.3, -0.25) is 5.32 Å². The minimum atomic E-state index is -3.63. The van der Waals surface area contributed by atoms with E-state index in [1.807, 2.05) is 0 Å². The van der Waals surface area contributed by atoms with Crippen LogP contribution in [0.1, 0.15) is 34.6 Å². The van der Waals surface area contributed by atoms with E-state index in [9.17, 15) is 13.2 Å². The molecule has 0 aromatic heterocycles. The van der Waals surface area contributed by atoms with Crippen LogP contribution in [-0.4, -0.2) is 32.6 Å². The maximum Gasteiger partial charge on any atom is 0.409 e. The number of alkyl carbamates (subject to hydrolysis) is 1. The smallest absolute Gasteiger partial charge is 0.409 e. The molecule has 0 aliphatic heterocycles. The lowest BCUT2D eigenvalue weighted by molar-refractivity contribution is 0.0341. The third-order valence-corrected chi connectivity index (χ3v) is 2.10. The van der Waals surface area contributed by atoms with Gasteiger partial charge < -0.3 is 4.74 Å². The quantitative estimate of drug-likeness (QED) is 0.616. The Morgan fingerprint density at radius 3 is 2.00 bits per heavy atom. The van der Waals surface area contributed by atoms with Crippen molar-refractivity contribution in [2.24, 2.45) is 5.92 Å². The Hall–Kier alpha value is -0.820. The maximum absolute atomic E-state index is 11.5. The van der Waals surface area contributed by atoms with Crippen LogP contribution in [0.2, 0.25) is 0 Å². The molecule has 0 fully saturated rings. The van der Waals surface area contributed by atoms with E-state index < -0.39 is 28.0 Å². The summed E-state index contributed by atoms with van der Waals surface area (Å²) in [5.41, 5.74) is -0.642. The van der Waals surface area contributed by atoms with Crippen molar-refractivity contribution in [2.75, 3.05) is 6.26 Å². The van der Waals surface area contributed by atoms with Crippen molar-refractivity contribution in [3.8, 4) is 0 Å². The molecule has 102 valence electrons. The highest BCUT2D eigenvalue weighted by molar-refractivity contribution is 7.86. The number of hydrogen-bond donors (Lipinski definition) is 1. The topological polar surface area (TPSA) is 81.7 Å². The number of rotatable bonds is 4. The van der Waals surface area contributed by atoms with Gasteiger partial charge in [0.15, 0.2) is 6.23 Å². The van der Waals surface area contributed by atoms with Gasteiger partial charge in [0.25, 0.3) is 10.1 Å². The highest BCUT2D eigenvalue weighted by Gasteiger charge is 2.24. The average molecular weight is 267 g/mol. The molecular formula is C10H21NO5S. The van der Waals surface area contributed by atoms with Gasteiger partial charge in [0, 0.05) is 0 Å². The third kappa shape index (κ3) is 8.93. The first kappa shape index (κ1) is 16.2. The van der Waals surface area contributed by atoms with Gasteiger partial charge in [-0.25, -0.2) is 8.98 Å². The second-order valence-electron chi connectivity index (χ2n) is 5.11. The Kier molecular flexibility index (Phi) is 5.41. The molecule has 1 atom stereocenters. The summed E-state index contributed by atoms with van der Waals surface area (Å²) in [5.74, 6) is -0.197. The highest BCUT2D eigenvalue weighted by atomic mass is 32.2. The van der Waals surface area contributed by atoms with Gasteiger partial charge in [0.05, 0.1) is 6.26 Å². The summed E-state index contributed by atoms with van der Waals surface area (Å²) in [6.07, 6.45) is -0.709. The summed E-state index contributed by atoms with van der Waals surface area (Å²) >= 11 is 0. The molecule has 0 rings (SSSR count). The van der Waals surface area contributed by atoms with Crippen LogP contribution in [0.4, 0.5) is 4.79 Å². The molecule has 0 spiro atoms. The number of carbonyl (C=O) groups excluding carboxylic acids is 1. The van der Waals surface area contributed by atoms with E-state index in [1.165, 1.54) is 0 Å². The zero-order valence-corrected chi connectivity index (χ0v) is 11.9. The van der Waals surface area contributed by atoms with Crippen molar-refractivity contribution in [1.29, 1.82) is 0 Å². The lowest BCUT2D eigenvalue weighted by Gasteiger charge is -2.24. The predicted molar refractivity (Wildman–Crippen MR) is 63.9 cm³/mol. The molecule has 1 amide bonds. The minimum absolute atomic E-state index is 0.197. The van der Waals surface area contributed by atoms with Crippen molar-refractivity contribution in [2.45, 2.75) is 46.4 Å². The summed E-state index contributed by atoms with van der Waals surface area (Å²) in [4.78, 5) is 11.5. The van der Waals surface area contributed by atoms with E-state index >= 15 is 0 Å². The van der Waals surface area contributed by atoms with E-state index in [2.05, 4.69) is 5.32 Å². The molecule has 0 aromatic carbocycles. The standard InChI is InChI=1S/C10H21NO5S/c1-7(2)8(16-17(6,13)14)11-9(12)15-10(3,4)5/h7-8H,1-6H3,(H,11,12). The maximum atomic E-state index is 11.5. The molecule has 1 unspecified atom stereocenters.